The largest absolute Gasteiger partial charge is 0.474 e. The fraction of sp³-hybridized carbons (Fsp3) is 0.534. The van der Waals surface area contributed by atoms with Gasteiger partial charge in [0, 0.05) is 105 Å². The number of likely N-dealkylation sites (N-methyl/N-ethyl adjacent to an activating group) is 5. The van der Waals surface area contributed by atoms with Crippen LogP contribution in [0.15, 0.2) is 72.8 Å². The number of hydrogen-bond donors (Lipinski definition) is 8. The van der Waals surface area contributed by atoms with Crippen LogP contribution in [0.2, 0.25) is 0 Å². The zero-order chi connectivity index (χ0) is 93.5. The minimum Gasteiger partial charge on any atom is -0.474 e. The van der Waals surface area contributed by atoms with Crippen molar-refractivity contribution in [2.24, 2.45) is 0 Å². The van der Waals surface area contributed by atoms with Gasteiger partial charge in [-0.05, 0) is 153 Å². The number of likely N-dealkylation sites (tertiary alicyclic amines) is 3. The molecule has 12 aromatic rings. The van der Waals surface area contributed by atoms with E-state index in [2.05, 4.69) is 232 Å². The fourth-order valence-electron chi connectivity index (χ4n) is 19.3. The van der Waals surface area contributed by atoms with E-state index in [-0.39, 0.29) is 57.8 Å². The van der Waals surface area contributed by atoms with Crippen molar-refractivity contribution in [3.05, 3.63) is 185 Å². The summed E-state index contributed by atoms with van der Waals surface area (Å²) in [6.45, 7) is 45.1. The first-order valence-electron chi connectivity index (χ1n) is 46.8. The SMILES string of the molecule is Cc1ccc2c(N)c(N3CCC([N+](C)(C)C)C3)nn2c1C.Cc1ccc2c(N)c(N3CCC([N+](C)(C)CCO)C3)nn2c1C.Cc1ccc2c(N)c(N3CC[N+](C)(CCO)CC3)nn2c1C.Cc1ccc2c(N)c(OCCN3CCC([N+](C)(C)C)C3)nn2c1C.Cc1ccc2c(N)c(OCC[N+]3(C)CCCC3)nn2c1C.Cc1ccc2c(N)c([N+]3(C)CCCC3)nn2c1C.[CH3-].[CH3-].[CH3-].[CH3-].[CH3-].[CH3-]. The Morgan fingerprint density at radius 2 is 0.667 bits per heavy atom. The summed E-state index contributed by atoms with van der Waals surface area (Å²) in [7, 11) is 24.7. The number of ether oxygens (including phenoxy) is 2. The second-order valence-corrected chi connectivity index (χ2v) is 41.0. The van der Waals surface area contributed by atoms with Crippen LogP contribution >= 0.6 is 0 Å². The Morgan fingerprint density at radius 3 is 1.04 bits per heavy atom. The molecule has 750 valence electrons. The summed E-state index contributed by atoms with van der Waals surface area (Å²) in [5.74, 6) is 4.88. The number of anilines is 9. The summed E-state index contributed by atoms with van der Waals surface area (Å²) < 4.78 is 29.2. The van der Waals surface area contributed by atoms with Gasteiger partial charge in [0.2, 0.25) is 0 Å². The Morgan fingerprint density at radius 1 is 0.348 bits per heavy atom. The average molecular weight is 1870 g/mol. The average Bonchev–Trinajstić information content (AvgIpc) is 1.61. The van der Waals surface area contributed by atoms with E-state index in [1.165, 1.54) is 90.7 Å². The zero-order valence-electron chi connectivity index (χ0n) is 88.2. The van der Waals surface area contributed by atoms with Gasteiger partial charge in [-0.1, -0.05) is 36.4 Å². The minimum absolute atomic E-state index is 0. The molecule has 18 heterocycles. The van der Waals surface area contributed by atoms with Gasteiger partial charge in [0.25, 0.3) is 17.6 Å². The topological polar surface area (TPSA) is 332 Å². The van der Waals surface area contributed by atoms with Crippen molar-refractivity contribution in [2.75, 3.05) is 271 Å². The lowest BCUT2D eigenvalue weighted by Gasteiger charge is -2.41. The summed E-state index contributed by atoms with van der Waals surface area (Å²) in [5, 5.41) is 46.6. The summed E-state index contributed by atoms with van der Waals surface area (Å²) >= 11 is 0. The van der Waals surface area contributed by atoms with Crippen LogP contribution in [0.4, 0.5) is 57.4 Å². The molecule has 6 aliphatic rings. The van der Waals surface area contributed by atoms with Crippen molar-refractivity contribution >= 4 is 90.5 Å². The van der Waals surface area contributed by atoms with Crippen LogP contribution in [-0.2, 0) is 0 Å². The number of nitrogens with two attached hydrogens (primary N) is 6. The van der Waals surface area contributed by atoms with Crippen LogP contribution in [0.5, 0.6) is 11.8 Å². The molecule has 0 aromatic carbocycles. The van der Waals surface area contributed by atoms with Crippen molar-refractivity contribution in [3.63, 3.8) is 0 Å². The zero-order valence-corrected chi connectivity index (χ0v) is 88.2. The number of rotatable bonds is 19. The maximum absolute atomic E-state index is 9.28. The van der Waals surface area contributed by atoms with Gasteiger partial charge >= 0.3 is 0 Å². The standard InChI is InChI=1S/C18H30N5O.C17H28N5O.C16H26N5O.C16H26N5.C16H25N4O.C14H21N4.6CH3/c1-13-6-7-16-17(19)18(20-22(16)14(13)2)24-11-10-21-9-8-15(12-21)23(3,4)5;1-12-5-6-15-16(18)17(19-21(15)13(12)2)20-8-7-14(11-20)22(3,4)9-10-23;1-12-4-5-14-15(17)16(18-20(14)13(12)2)19-6-8-21(3,9-7-19)10-11-22;1-11-6-7-14-15(17)16(18-20(14)12(11)2)19-9-8-13(10-19)21(3,4)5;1-12-6-7-14-15(17)16(18-19(14)13(12)2)21-11-10-20(3)8-4-5-9-20;1-10-6-7-12-13(15)14(16-17(12)11(10)2)18(3)8-4-5-9-18;;;;;;/h6-7,15H,8-12,19H2,1-5H3;5-6,14,23H,7-11,18H2,1-4H3;4-5,22H,6-11,17H2,1-3H3;6-7,13H,8-10,17H2,1-5H3;6-7H,4-5,8-11,17H2,1-3H3;6-7H,4-5,8-9,15H2,1-3H3;6*1H3/q6*+1;6*-1. The predicted molar refractivity (Wildman–Crippen MR) is 567 cm³/mol. The van der Waals surface area contributed by atoms with Gasteiger partial charge in [-0.3, -0.25) is 9.38 Å². The van der Waals surface area contributed by atoms with Gasteiger partial charge in [-0.25, -0.2) is 27.1 Å². The molecule has 6 saturated heterocycles. The third-order valence-electron chi connectivity index (χ3n) is 29.9. The number of aryl methyl sites for hydroxylation is 12. The number of nitrogens with zero attached hydrogens (tertiary/aromatic N) is 22. The molecular weight excluding hydrogens is 1690 g/mol. The van der Waals surface area contributed by atoms with Crippen molar-refractivity contribution in [3.8, 4) is 11.8 Å². The second-order valence-electron chi connectivity index (χ2n) is 41.0. The maximum Gasteiger partial charge on any atom is 0.270 e. The molecule has 6 fully saturated rings. The number of hydrogen-bond acceptors (Lipinski definition) is 20. The van der Waals surface area contributed by atoms with Crippen LogP contribution in [0.1, 0.15) is 112 Å². The van der Waals surface area contributed by atoms with E-state index in [0.717, 1.165) is 246 Å². The van der Waals surface area contributed by atoms with E-state index in [9.17, 15) is 10.2 Å². The van der Waals surface area contributed by atoms with E-state index < -0.39 is 0 Å². The molecular formula is C103H174N28O4. The van der Waals surface area contributed by atoms with Crippen LogP contribution in [0, 0.1) is 128 Å². The lowest BCUT2D eigenvalue weighted by Crippen LogP contribution is -2.58. The quantitative estimate of drug-likeness (QED) is 0.0275. The summed E-state index contributed by atoms with van der Waals surface area (Å²) in [6, 6.07) is 26.7. The maximum atomic E-state index is 9.28. The number of quaternary nitrogens is 6. The van der Waals surface area contributed by atoms with Gasteiger partial charge in [-0.15, -0.1) is 30.6 Å². The molecule has 12 aromatic heterocycles. The first-order chi connectivity index (χ1) is 60.9. The number of aliphatic hydroxyl groups is 2. The predicted octanol–water partition coefficient (Wildman–Crippen LogP) is 12.6. The summed E-state index contributed by atoms with van der Waals surface area (Å²) in [6.07, 6.45) is 8.71. The van der Waals surface area contributed by atoms with E-state index >= 15 is 0 Å². The normalized spacial score (nSPS) is 17.9. The molecule has 0 amide bonds. The lowest BCUT2D eigenvalue weighted by molar-refractivity contribution is -0.912. The molecule has 32 heteroatoms. The molecule has 32 nitrogen and oxygen atoms in total. The molecule has 0 saturated carbocycles. The number of pyridine rings is 6. The molecule has 18 rings (SSSR count). The number of aliphatic hydroxyl groups excluding tert-OH is 2. The highest BCUT2D eigenvalue weighted by Crippen LogP contribution is 2.39. The molecule has 3 unspecified atom stereocenters. The van der Waals surface area contributed by atoms with Gasteiger partial charge in [-0.2, -0.15) is 0 Å². The molecule has 14 N–H and O–H groups in total. The highest BCUT2D eigenvalue weighted by molar-refractivity contribution is 5.85. The Hall–Kier alpha value is -10.4. The van der Waals surface area contributed by atoms with Gasteiger partial charge < -0.3 is 136 Å². The second kappa shape index (κ2) is 44.8. The van der Waals surface area contributed by atoms with Gasteiger partial charge in [0.15, 0.2) is 17.5 Å². The van der Waals surface area contributed by atoms with Gasteiger partial charge in [0.05, 0.1) is 196 Å². The van der Waals surface area contributed by atoms with E-state index in [1.54, 1.807) is 0 Å². The summed E-state index contributed by atoms with van der Waals surface area (Å²) in [5.41, 5.74) is 62.2. The third kappa shape index (κ3) is 23.7. The Bertz CT molecular complexity index is 5930. The lowest BCUT2D eigenvalue weighted by atomic mass is 10.2. The first kappa shape index (κ1) is 112. The third-order valence-corrected chi connectivity index (χ3v) is 29.9. The van der Waals surface area contributed by atoms with E-state index in [0.29, 0.717) is 54.5 Å². The van der Waals surface area contributed by atoms with Crippen molar-refractivity contribution in [1.82, 2.24) is 67.1 Å². The monoisotopic (exact) mass is 1870 g/mol. The van der Waals surface area contributed by atoms with Crippen LogP contribution in [-0.4, -0.2) is 335 Å². The van der Waals surface area contributed by atoms with Gasteiger partial charge in [0.1, 0.15) is 85.1 Å². The van der Waals surface area contributed by atoms with E-state index in [1.807, 2.05) is 58.3 Å². The molecule has 3 atom stereocenters. The van der Waals surface area contributed by atoms with Crippen molar-refractivity contribution < 1.29 is 42.1 Å². The number of piperazine rings is 1. The molecule has 6 aliphatic heterocycles. The molecule has 135 heavy (non-hydrogen) atoms. The number of nitrogen functional groups attached to an aromatic ring is 6. The Balaban J connectivity index is 0.000000219. The Kier molecular flexibility index (Phi) is 37.0. The Labute approximate surface area is 809 Å². The number of aromatic nitrogens is 12. The van der Waals surface area contributed by atoms with Crippen LogP contribution in [0.25, 0.3) is 33.1 Å². The number of fused-ring (bicyclic) bond motifs is 6. The molecule has 0 bridgehead atoms. The summed E-state index contributed by atoms with van der Waals surface area (Å²) in [4.78, 5) is 9.37. The van der Waals surface area contributed by atoms with E-state index in [4.69, 9.17) is 64.3 Å². The minimum atomic E-state index is 0. The first-order valence-corrected chi connectivity index (χ1v) is 46.8. The highest BCUT2D eigenvalue weighted by Gasteiger charge is 2.40. The van der Waals surface area contributed by atoms with Crippen LogP contribution < -0.4 is 63.1 Å². The highest BCUT2D eigenvalue weighted by atomic mass is 16.5. The van der Waals surface area contributed by atoms with Crippen molar-refractivity contribution in [2.45, 2.75) is 146 Å². The molecule has 0 aliphatic carbocycles. The van der Waals surface area contributed by atoms with Crippen molar-refractivity contribution in [1.29, 1.82) is 0 Å². The molecule has 0 spiro atoms. The smallest absolute Gasteiger partial charge is 0.270 e. The fourth-order valence-corrected chi connectivity index (χ4v) is 19.3. The molecule has 0 radical (unpaired) electrons. The van der Waals surface area contributed by atoms with Crippen LogP contribution in [0.3, 0.4) is 0 Å².